The van der Waals surface area contributed by atoms with Crippen molar-refractivity contribution in [2.75, 3.05) is 0 Å². The lowest BCUT2D eigenvalue weighted by atomic mass is 10.2. The van der Waals surface area contributed by atoms with Crippen LogP contribution in [0.25, 0.3) is 10.6 Å². The number of carboxylic acid groups (broad SMARTS) is 1. The summed E-state index contributed by atoms with van der Waals surface area (Å²) in [6.45, 7) is 0. The van der Waals surface area contributed by atoms with Gasteiger partial charge in [0.25, 0.3) is 0 Å². The molecule has 2 rings (SSSR count). The molecule has 1 N–H and O–H groups in total. The van der Waals surface area contributed by atoms with Gasteiger partial charge >= 0.3 is 5.97 Å². The van der Waals surface area contributed by atoms with Crippen molar-refractivity contribution in [1.82, 2.24) is 9.97 Å². The van der Waals surface area contributed by atoms with E-state index in [1.165, 1.54) is 23.6 Å². The minimum atomic E-state index is -0.952. The normalized spacial score (nSPS) is 10.3. The van der Waals surface area contributed by atoms with Gasteiger partial charge in [-0.05, 0) is 6.07 Å². The maximum absolute atomic E-state index is 13.3. The third-order valence-corrected chi connectivity index (χ3v) is 2.81. The molecule has 16 heavy (non-hydrogen) atoms. The molecule has 0 atom stereocenters. The fraction of sp³-hybridized carbons (Fsp3) is 0.100. The number of aliphatic carboxylic acids is 1. The molecule has 0 aliphatic carbocycles. The van der Waals surface area contributed by atoms with Gasteiger partial charge in [-0.1, -0.05) is 0 Å². The molecule has 0 fully saturated rings. The van der Waals surface area contributed by atoms with Crippen LogP contribution in [0.5, 0.6) is 0 Å². The zero-order valence-corrected chi connectivity index (χ0v) is 8.87. The van der Waals surface area contributed by atoms with Crippen molar-refractivity contribution in [1.29, 1.82) is 0 Å². The number of pyridine rings is 1. The Morgan fingerprint density at radius 3 is 3.06 bits per heavy atom. The van der Waals surface area contributed by atoms with Crippen molar-refractivity contribution < 1.29 is 14.3 Å². The van der Waals surface area contributed by atoms with Crippen molar-refractivity contribution in [3.8, 4) is 10.6 Å². The number of nitrogens with zero attached hydrogens (tertiary/aromatic N) is 2. The second kappa shape index (κ2) is 4.36. The van der Waals surface area contributed by atoms with E-state index in [9.17, 15) is 9.18 Å². The Balaban J connectivity index is 2.32. The lowest BCUT2D eigenvalue weighted by molar-refractivity contribution is -0.136. The van der Waals surface area contributed by atoms with Crippen LogP contribution in [0.15, 0.2) is 23.8 Å². The molecular formula is C10H7FN2O2S. The van der Waals surface area contributed by atoms with E-state index >= 15 is 0 Å². The number of thiazole rings is 1. The van der Waals surface area contributed by atoms with Crippen molar-refractivity contribution in [2.24, 2.45) is 0 Å². The summed E-state index contributed by atoms with van der Waals surface area (Å²) in [4.78, 5) is 18.1. The first-order chi connectivity index (χ1) is 7.66. The number of aromatic nitrogens is 2. The van der Waals surface area contributed by atoms with E-state index in [4.69, 9.17) is 5.11 Å². The zero-order valence-electron chi connectivity index (χ0n) is 8.05. The molecule has 0 saturated heterocycles. The van der Waals surface area contributed by atoms with E-state index in [0.29, 0.717) is 16.3 Å². The first-order valence-electron chi connectivity index (χ1n) is 4.43. The Labute approximate surface area is 94.4 Å². The summed E-state index contributed by atoms with van der Waals surface area (Å²) in [5.74, 6) is -1.41. The molecule has 0 unspecified atom stereocenters. The summed E-state index contributed by atoms with van der Waals surface area (Å²) in [7, 11) is 0. The number of carbonyl (C=O) groups is 1. The maximum atomic E-state index is 13.3. The van der Waals surface area contributed by atoms with Crippen LogP contribution in [0.4, 0.5) is 4.39 Å². The summed E-state index contributed by atoms with van der Waals surface area (Å²) in [5, 5.41) is 10.7. The summed E-state index contributed by atoms with van der Waals surface area (Å²) in [6.07, 6.45) is 2.42. The van der Waals surface area contributed by atoms with Crippen LogP contribution in [0, 0.1) is 5.82 Å². The summed E-state index contributed by atoms with van der Waals surface area (Å²) in [5.41, 5.74) is 0.778. The molecule has 0 aliphatic heterocycles. The lowest BCUT2D eigenvalue weighted by Gasteiger charge is -1.96. The maximum Gasteiger partial charge on any atom is 0.309 e. The van der Waals surface area contributed by atoms with E-state index in [1.807, 2.05) is 0 Å². The molecular weight excluding hydrogens is 231 g/mol. The number of rotatable bonds is 3. The fourth-order valence-electron chi connectivity index (χ4n) is 1.22. The average Bonchev–Trinajstić information content (AvgIpc) is 2.66. The molecule has 0 aliphatic rings. The summed E-state index contributed by atoms with van der Waals surface area (Å²) < 4.78 is 13.3. The van der Waals surface area contributed by atoms with E-state index in [0.717, 1.165) is 6.20 Å². The number of hydrogen-bond donors (Lipinski definition) is 1. The largest absolute Gasteiger partial charge is 0.481 e. The highest BCUT2D eigenvalue weighted by Gasteiger charge is 2.10. The fourth-order valence-corrected chi connectivity index (χ4v) is 2.06. The van der Waals surface area contributed by atoms with E-state index < -0.39 is 11.8 Å². The second-order valence-electron chi connectivity index (χ2n) is 3.07. The highest BCUT2D eigenvalue weighted by atomic mass is 32.1. The van der Waals surface area contributed by atoms with Gasteiger partial charge < -0.3 is 5.11 Å². The lowest BCUT2D eigenvalue weighted by Crippen LogP contribution is -2.00. The quantitative estimate of drug-likeness (QED) is 0.888. The Morgan fingerprint density at radius 1 is 1.56 bits per heavy atom. The van der Waals surface area contributed by atoms with Crippen molar-refractivity contribution >= 4 is 17.3 Å². The molecule has 2 aromatic rings. The molecule has 0 spiro atoms. The van der Waals surface area contributed by atoms with Gasteiger partial charge in [0.05, 0.1) is 18.3 Å². The molecule has 0 aromatic carbocycles. The van der Waals surface area contributed by atoms with Gasteiger partial charge in [-0.25, -0.2) is 9.37 Å². The van der Waals surface area contributed by atoms with Crippen molar-refractivity contribution in [3.05, 3.63) is 35.4 Å². The molecule has 6 heteroatoms. The van der Waals surface area contributed by atoms with Crippen LogP contribution >= 0.6 is 11.3 Å². The van der Waals surface area contributed by atoms with Crippen molar-refractivity contribution in [2.45, 2.75) is 6.42 Å². The third kappa shape index (κ3) is 2.22. The minimum absolute atomic E-state index is 0.150. The molecule has 0 radical (unpaired) electrons. The summed E-state index contributed by atoms with van der Waals surface area (Å²) >= 11 is 1.22. The van der Waals surface area contributed by atoms with Crippen LogP contribution in [0.3, 0.4) is 0 Å². The molecule has 0 amide bonds. The Kier molecular flexibility index (Phi) is 2.91. The van der Waals surface area contributed by atoms with Crippen LogP contribution < -0.4 is 0 Å². The van der Waals surface area contributed by atoms with Crippen LogP contribution in [0.1, 0.15) is 5.69 Å². The van der Waals surface area contributed by atoms with Gasteiger partial charge in [0.1, 0.15) is 5.01 Å². The van der Waals surface area contributed by atoms with E-state index in [-0.39, 0.29) is 6.42 Å². The topological polar surface area (TPSA) is 63.1 Å². The smallest absolute Gasteiger partial charge is 0.309 e. The third-order valence-electron chi connectivity index (χ3n) is 1.89. The predicted octanol–water partition coefficient (Wildman–Crippen LogP) is 1.97. The molecule has 2 aromatic heterocycles. The average molecular weight is 238 g/mol. The van der Waals surface area contributed by atoms with Gasteiger partial charge in [-0.3, -0.25) is 9.78 Å². The standard InChI is InChI=1S/C10H7FN2O2S/c11-8-4-12-2-1-7(8)10-13-6(5-16-10)3-9(14)15/h1-2,4-5H,3H2,(H,14,15). The molecule has 4 nitrogen and oxygen atoms in total. The molecule has 2 heterocycles. The molecule has 0 bridgehead atoms. The van der Waals surface area contributed by atoms with Crippen LogP contribution in [-0.4, -0.2) is 21.0 Å². The van der Waals surface area contributed by atoms with Crippen LogP contribution in [0.2, 0.25) is 0 Å². The second-order valence-corrected chi connectivity index (χ2v) is 3.93. The monoisotopic (exact) mass is 238 g/mol. The minimum Gasteiger partial charge on any atom is -0.481 e. The number of hydrogen-bond acceptors (Lipinski definition) is 4. The Bertz CT molecular complexity index is 527. The zero-order chi connectivity index (χ0) is 11.5. The number of carboxylic acids is 1. The van der Waals surface area contributed by atoms with Gasteiger partial charge in [-0.15, -0.1) is 11.3 Å². The van der Waals surface area contributed by atoms with Gasteiger partial charge in [0, 0.05) is 17.1 Å². The first kappa shape index (κ1) is 10.7. The van der Waals surface area contributed by atoms with Crippen molar-refractivity contribution in [3.63, 3.8) is 0 Å². The highest BCUT2D eigenvalue weighted by molar-refractivity contribution is 7.13. The summed E-state index contributed by atoms with van der Waals surface area (Å²) in [6, 6.07) is 1.51. The highest BCUT2D eigenvalue weighted by Crippen LogP contribution is 2.25. The first-order valence-corrected chi connectivity index (χ1v) is 5.31. The Morgan fingerprint density at radius 2 is 2.38 bits per heavy atom. The Hall–Kier alpha value is -1.82. The van der Waals surface area contributed by atoms with Gasteiger partial charge in [0.2, 0.25) is 0 Å². The van der Waals surface area contributed by atoms with Gasteiger partial charge in [-0.2, -0.15) is 0 Å². The van der Waals surface area contributed by atoms with Gasteiger partial charge in [0.15, 0.2) is 5.82 Å². The van der Waals surface area contributed by atoms with E-state index in [2.05, 4.69) is 9.97 Å². The predicted molar refractivity (Wildman–Crippen MR) is 56.6 cm³/mol. The number of halogens is 1. The SMILES string of the molecule is O=C(O)Cc1csc(-c2ccncc2F)n1. The molecule has 82 valence electrons. The van der Waals surface area contributed by atoms with E-state index in [1.54, 1.807) is 5.38 Å². The van der Waals surface area contributed by atoms with Crippen LogP contribution in [-0.2, 0) is 11.2 Å². The molecule has 0 saturated carbocycles.